The van der Waals surface area contributed by atoms with E-state index >= 15 is 0 Å². The number of hydrogen-bond acceptors (Lipinski definition) is 5. The number of benzene rings is 1. The highest BCUT2D eigenvalue weighted by Crippen LogP contribution is 2.11. The molecule has 0 spiro atoms. The van der Waals surface area contributed by atoms with Crippen LogP contribution in [0.15, 0.2) is 24.3 Å². The minimum Gasteiger partial charge on any atom is -0.497 e. The molecular weight excluding hydrogens is 240 g/mol. The molecular formula is C12H16O6. The minimum atomic E-state index is -1.19. The smallest absolute Gasteiger partial charge is 0.338 e. The number of ether oxygens (including phenoxy) is 2. The molecule has 2 N–H and O–H groups in total. The lowest BCUT2D eigenvalue weighted by Gasteiger charge is -2.02. The molecule has 1 aromatic rings. The Morgan fingerprint density at radius 3 is 2.06 bits per heavy atom. The van der Waals surface area contributed by atoms with Crippen LogP contribution >= 0.6 is 0 Å². The van der Waals surface area contributed by atoms with E-state index in [0.29, 0.717) is 12.2 Å². The standard InChI is InChI=1S/C10H12O3.C2H4O3/c1-3-13-10(11)8-4-6-9(12-2)7-5-8;3-1-2(4)5/h4-7H,3H2,1-2H3;3H,1H2,(H,4,5). The number of esters is 1. The van der Waals surface area contributed by atoms with Crippen molar-refractivity contribution in [2.24, 2.45) is 0 Å². The highest BCUT2D eigenvalue weighted by Gasteiger charge is 2.04. The molecule has 0 saturated heterocycles. The van der Waals surface area contributed by atoms with Crippen molar-refractivity contribution in [2.45, 2.75) is 6.92 Å². The van der Waals surface area contributed by atoms with Crippen LogP contribution in [0.3, 0.4) is 0 Å². The van der Waals surface area contributed by atoms with Gasteiger partial charge in [-0.25, -0.2) is 9.59 Å². The van der Waals surface area contributed by atoms with Gasteiger partial charge in [-0.15, -0.1) is 0 Å². The number of aliphatic carboxylic acids is 1. The van der Waals surface area contributed by atoms with Gasteiger partial charge in [-0.1, -0.05) is 0 Å². The molecule has 0 atom stereocenters. The molecule has 0 fully saturated rings. The first-order valence-corrected chi connectivity index (χ1v) is 5.19. The molecule has 6 nitrogen and oxygen atoms in total. The molecule has 0 heterocycles. The summed E-state index contributed by atoms with van der Waals surface area (Å²) in [6.45, 7) is 1.40. The Bertz CT molecular complexity index is 371. The van der Waals surface area contributed by atoms with E-state index in [-0.39, 0.29) is 5.97 Å². The van der Waals surface area contributed by atoms with Crippen LogP contribution in [-0.2, 0) is 9.53 Å². The molecule has 0 aliphatic rings. The molecule has 0 aromatic heterocycles. The monoisotopic (exact) mass is 256 g/mol. The summed E-state index contributed by atoms with van der Waals surface area (Å²) >= 11 is 0. The van der Waals surface area contributed by atoms with E-state index in [1.165, 1.54) is 0 Å². The van der Waals surface area contributed by atoms with E-state index in [0.717, 1.165) is 5.75 Å². The summed E-state index contributed by atoms with van der Waals surface area (Å²) in [4.78, 5) is 20.3. The van der Waals surface area contributed by atoms with Gasteiger partial charge in [-0.2, -0.15) is 0 Å². The fourth-order valence-electron chi connectivity index (χ4n) is 0.942. The lowest BCUT2D eigenvalue weighted by atomic mass is 10.2. The van der Waals surface area contributed by atoms with Gasteiger partial charge in [0.05, 0.1) is 19.3 Å². The average molecular weight is 256 g/mol. The Morgan fingerprint density at radius 2 is 1.72 bits per heavy atom. The van der Waals surface area contributed by atoms with E-state index in [2.05, 4.69) is 0 Å². The van der Waals surface area contributed by atoms with Crippen molar-refractivity contribution in [1.82, 2.24) is 0 Å². The fraction of sp³-hybridized carbons (Fsp3) is 0.333. The number of hydrogen-bond donors (Lipinski definition) is 2. The molecule has 18 heavy (non-hydrogen) atoms. The van der Waals surface area contributed by atoms with Crippen molar-refractivity contribution in [2.75, 3.05) is 20.3 Å². The second kappa shape index (κ2) is 9.00. The summed E-state index contributed by atoms with van der Waals surface area (Å²) in [5, 5.41) is 15.0. The predicted octanol–water partition coefficient (Wildman–Crippen LogP) is 0.935. The van der Waals surface area contributed by atoms with Crippen LogP contribution in [0.5, 0.6) is 5.75 Å². The van der Waals surface area contributed by atoms with Crippen LogP contribution in [0.4, 0.5) is 0 Å². The molecule has 0 bridgehead atoms. The number of aliphatic hydroxyl groups excluding tert-OH is 1. The van der Waals surface area contributed by atoms with E-state index < -0.39 is 12.6 Å². The molecule has 1 aromatic carbocycles. The summed E-state index contributed by atoms with van der Waals surface area (Å²) in [6.07, 6.45) is 0. The van der Waals surface area contributed by atoms with Gasteiger partial charge in [0.25, 0.3) is 0 Å². The SMILES string of the molecule is CCOC(=O)c1ccc(OC)cc1.O=C(O)CO. The molecule has 1 rings (SSSR count). The van der Waals surface area contributed by atoms with Gasteiger partial charge in [0.15, 0.2) is 0 Å². The Morgan fingerprint density at radius 1 is 1.22 bits per heavy atom. The van der Waals surface area contributed by atoms with Crippen LogP contribution in [-0.4, -0.2) is 42.5 Å². The zero-order chi connectivity index (χ0) is 14.0. The van der Waals surface area contributed by atoms with Crippen molar-refractivity contribution in [1.29, 1.82) is 0 Å². The molecule has 100 valence electrons. The van der Waals surface area contributed by atoms with E-state index in [1.807, 2.05) is 0 Å². The molecule has 0 radical (unpaired) electrons. The molecule has 0 aliphatic carbocycles. The maximum absolute atomic E-state index is 11.2. The van der Waals surface area contributed by atoms with Gasteiger partial charge in [0.1, 0.15) is 12.4 Å². The summed E-state index contributed by atoms with van der Waals surface area (Å²) < 4.78 is 9.78. The average Bonchev–Trinajstić information content (AvgIpc) is 2.39. The third-order valence-electron chi connectivity index (χ3n) is 1.74. The first kappa shape index (κ1) is 15.9. The Balaban J connectivity index is 0.000000494. The molecule has 0 unspecified atom stereocenters. The van der Waals surface area contributed by atoms with Gasteiger partial charge in [0, 0.05) is 0 Å². The highest BCUT2D eigenvalue weighted by atomic mass is 16.5. The minimum absolute atomic E-state index is 0.301. The van der Waals surface area contributed by atoms with Crippen molar-refractivity contribution in [3.8, 4) is 5.75 Å². The van der Waals surface area contributed by atoms with E-state index in [1.54, 1.807) is 38.3 Å². The number of carboxylic acid groups (broad SMARTS) is 1. The lowest BCUT2D eigenvalue weighted by molar-refractivity contribution is -0.140. The van der Waals surface area contributed by atoms with Crippen molar-refractivity contribution < 1.29 is 29.3 Å². The van der Waals surface area contributed by atoms with E-state index in [9.17, 15) is 4.79 Å². The maximum atomic E-state index is 11.2. The van der Waals surface area contributed by atoms with Gasteiger partial charge >= 0.3 is 11.9 Å². The maximum Gasteiger partial charge on any atom is 0.338 e. The number of aliphatic hydroxyl groups is 1. The zero-order valence-corrected chi connectivity index (χ0v) is 10.3. The van der Waals surface area contributed by atoms with Gasteiger partial charge in [0.2, 0.25) is 0 Å². The molecule has 0 saturated carbocycles. The molecule has 0 aliphatic heterocycles. The Hall–Kier alpha value is -2.08. The largest absolute Gasteiger partial charge is 0.497 e. The second-order valence-corrected chi connectivity index (χ2v) is 3.00. The number of carboxylic acids is 1. The van der Waals surface area contributed by atoms with Gasteiger partial charge in [-0.3, -0.25) is 0 Å². The zero-order valence-electron chi connectivity index (χ0n) is 10.3. The topological polar surface area (TPSA) is 93.1 Å². The van der Waals surface area contributed by atoms with Crippen LogP contribution in [0.25, 0.3) is 0 Å². The van der Waals surface area contributed by atoms with Crippen LogP contribution in [0.1, 0.15) is 17.3 Å². The van der Waals surface area contributed by atoms with Crippen LogP contribution < -0.4 is 4.74 Å². The highest BCUT2D eigenvalue weighted by molar-refractivity contribution is 5.89. The summed E-state index contributed by atoms with van der Waals surface area (Å²) in [5.74, 6) is -0.761. The fourth-order valence-corrected chi connectivity index (χ4v) is 0.942. The Kier molecular flexibility index (Phi) is 7.96. The van der Waals surface area contributed by atoms with Crippen LogP contribution in [0, 0.1) is 0 Å². The second-order valence-electron chi connectivity index (χ2n) is 3.00. The molecule has 0 amide bonds. The first-order chi connectivity index (χ1) is 8.54. The third-order valence-corrected chi connectivity index (χ3v) is 1.74. The summed E-state index contributed by atoms with van der Waals surface area (Å²) in [6, 6.07) is 6.81. The number of carbonyl (C=O) groups excluding carboxylic acids is 1. The van der Waals surface area contributed by atoms with Crippen LogP contribution in [0.2, 0.25) is 0 Å². The van der Waals surface area contributed by atoms with E-state index in [4.69, 9.17) is 24.5 Å². The quantitative estimate of drug-likeness (QED) is 0.778. The number of methoxy groups -OCH3 is 1. The Labute approximate surface area is 105 Å². The number of carbonyl (C=O) groups is 2. The number of rotatable bonds is 4. The lowest BCUT2D eigenvalue weighted by Crippen LogP contribution is -2.03. The van der Waals surface area contributed by atoms with Gasteiger partial charge < -0.3 is 19.7 Å². The predicted molar refractivity (Wildman–Crippen MR) is 63.7 cm³/mol. The van der Waals surface area contributed by atoms with Crippen molar-refractivity contribution in [3.05, 3.63) is 29.8 Å². The summed E-state index contributed by atoms with van der Waals surface area (Å²) in [5.41, 5.74) is 0.544. The van der Waals surface area contributed by atoms with Gasteiger partial charge in [-0.05, 0) is 31.2 Å². The van der Waals surface area contributed by atoms with Crippen molar-refractivity contribution >= 4 is 11.9 Å². The normalized spacial score (nSPS) is 8.83. The molecule has 6 heteroatoms. The first-order valence-electron chi connectivity index (χ1n) is 5.19. The third kappa shape index (κ3) is 6.49. The summed E-state index contributed by atoms with van der Waals surface area (Å²) in [7, 11) is 1.58. The van der Waals surface area contributed by atoms with Crippen molar-refractivity contribution in [3.63, 3.8) is 0 Å².